The van der Waals surface area contributed by atoms with Crippen LogP contribution in [-0.4, -0.2) is 53.8 Å². The van der Waals surface area contributed by atoms with Gasteiger partial charge in [-0.15, -0.1) is 0 Å². The van der Waals surface area contributed by atoms with Crippen molar-refractivity contribution < 1.29 is 14.3 Å². The smallest absolute Gasteiger partial charge is 0.255 e. The van der Waals surface area contributed by atoms with Crippen molar-refractivity contribution >= 4 is 5.91 Å². The van der Waals surface area contributed by atoms with Crippen LogP contribution in [0, 0.1) is 12.8 Å². The molecule has 1 aliphatic carbocycles. The Morgan fingerprint density at radius 2 is 2.33 bits per heavy atom. The molecule has 0 bridgehead atoms. The van der Waals surface area contributed by atoms with Gasteiger partial charge >= 0.3 is 0 Å². The van der Waals surface area contributed by atoms with Gasteiger partial charge in [0.2, 0.25) is 0 Å². The molecule has 0 radical (unpaired) electrons. The second-order valence-electron chi connectivity index (χ2n) is 7.62. The minimum Gasteiger partial charge on any atom is -0.375 e. The van der Waals surface area contributed by atoms with Gasteiger partial charge in [-0.1, -0.05) is 0 Å². The molecule has 1 spiro atoms. The highest BCUT2D eigenvalue weighted by Gasteiger charge is 2.45. The van der Waals surface area contributed by atoms with Crippen LogP contribution in [-0.2, 0) is 9.47 Å². The van der Waals surface area contributed by atoms with Gasteiger partial charge in [-0.3, -0.25) is 9.78 Å². The zero-order valence-electron chi connectivity index (χ0n) is 14.4. The minimum absolute atomic E-state index is 0.0625. The van der Waals surface area contributed by atoms with Crippen molar-refractivity contribution in [3.63, 3.8) is 0 Å². The first-order valence-corrected chi connectivity index (χ1v) is 9.11. The first-order chi connectivity index (χ1) is 11.6. The summed E-state index contributed by atoms with van der Waals surface area (Å²) in [6, 6.07) is 3.75. The molecule has 5 nitrogen and oxygen atoms in total. The third kappa shape index (κ3) is 3.47. The van der Waals surface area contributed by atoms with E-state index in [1.165, 1.54) is 12.8 Å². The molecule has 3 aliphatic rings. The molecule has 1 amide bonds. The molecule has 0 N–H and O–H groups in total. The van der Waals surface area contributed by atoms with E-state index in [1.54, 1.807) is 6.20 Å². The molecule has 24 heavy (non-hydrogen) atoms. The van der Waals surface area contributed by atoms with Crippen LogP contribution in [0.3, 0.4) is 0 Å². The number of nitrogens with zero attached hydrogens (tertiary/aromatic N) is 2. The highest BCUT2D eigenvalue weighted by atomic mass is 16.6. The molecule has 2 aliphatic heterocycles. The van der Waals surface area contributed by atoms with Crippen LogP contribution in [0.15, 0.2) is 18.3 Å². The van der Waals surface area contributed by atoms with Crippen molar-refractivity contribution in [2.24, 2.45) is 5.92 Å². The summed E-state index contributed by atoms with van der Waals surface area (Å²) in [5.41, 5.74) is 1.38. The molecule has 1 aromatic heterocycles. The molecule has 1 aromatic rings. The van der Waals surface area contributed by atoms with Gasteiger partial charge in [0.05, 0.1) is 30.4 Å². The first kappa shape index (κ1) is 16.0. The second kappa shape index (κ2) is 6.45. The molecule has 3 fully saturated rings. The lowest BCUT2D eigenvalue weighted by Gasteiger charge is -2.39. The van der Waals surface area contributed by atoms with Crippen LogP contribution in [0.5, 0.6) is 0 Å². The number of likely N-dealkylation sites (tertiary alicyclic amines) is 1. The van der Waals surface area contributed by atoms with E-state index in [-0.39, 0.29) is 17.6 Å². The summed E-state index contributed by atoms with van der Waals surface area (Å²) in [7, 11) is 0. The summed E-state index contributed by atoms with van der Waals surface area (Å²) < 4.78 is 12.2. The maximum Gasteiger partial charge on any atom is 0.255 e. The fourth-order valence-electron chi connectivity index (χ4n) is 3.80. The van der Waals surface area contributed by atoms with E-state index in [9.17, 15) is 4.79 Å². The topological polar surface area (TPSA) is 51.7 Å². The van der Waals surface area contributed by atoms with Crippen molar-refractivity contribution in [3.8, 4) is 0 Å². The standard InChI is InChI=1S/C19H26N2O3/c1-14-3-6-16(10-20-14)18(22)21-8-2-7-19(13-21)9-17(12-24-19)23-11-15-4-5-15/h3,6,10,15,17H,2,4-5,7-9,11-13H2,1H3/t17-,19+/m1/s1. The summed E-state index contributed by atoms with van der Waals surface area (Å²) in [5, 5.41) is 0. The monoisotopic (exact) mass is 330 g/mol. The number of pyridine rings is 1. The van der Waals surface area contributed by atoms with Gasteiger partial charge in [0.15, 0.2) is 0 Å². The van der Waals surface area contributed by atoms with Crippen LogP contribution < -0.4 is 0 Å². The lowest BCUT2D eigenvalue weighted by atomic mass is 9.89. The molecule has 0 aromatic carbocycles. The maximum atomic E-state index is 12.8. The average molecular weight is 330 g/mol. The number of carbonyl (C=O) groups excluding carboxylic acids is 1. The molecule has 1 saturated carbocycles. The van der Waals surface area contributed by atoms with Crippen molar-refractivity contribution in [2.45, 2.75) is 50.7 Å². The van der Waals surface area contributed by atoms with Crippen molar-refractivity contribution in [1.82, 2.24) is 9.88 Å². The Labute approximate surface area is 143 Å². The largest absolute Gasteiger partial charge is 0.375 e. The van der Waals surface area contributed by atoms with Gasteiger partial charge in [-0.05, 0) is 50.7 Å². The SMILES string of the molecule is Cc1ccc(C(=O)N2CCC[C@]3(C[C@@H](OCC4CC4)CO3)C2)cn1. The van der Waals surface area contributed by atoms with Gasteiger partial charge in [-0.25, -0.2) is 0 Å². The molecule has 4 rings (SSSR count). The van der Waals surface area contributed by atoms with E-state index < -0.39 is 0 Å². The zero-order chi connectivity index (χ0) is 16.6. The summed E-state index contributed by atoms with van der Waals surface area (Å²) in [6.45, 7) is 4.94. The van der Waals surface area contributed by atoms with Crippen LogP contribution >= 0.6 is 0 Å². The molecule has 5 heteroatoms. The van der Waals surface area contributed by atoms with E-state index in [1.807, 2.05) is 24.0 Å². The molecular weight excluding hydrogens is 304 g/mol. The quantitative estimate of drug-likeness (QED) is 0.851. The summed E-state index contributed by atoms with van der Waals surface area (Å²) >= 11 is 0. The third-order valence-electron chi connectivity index (χ3n) is 5.42. The number of hydrogen-bond acceptors (Lipinski definition) is 4. The molecule has 0 unspecified atom stereocenters. The van der Waals surface area contributed by atoms with Crippen LogP contribution in [0.25, 0.3) is 0 Å². The van der Waals surface area contributed by atoms with Gasteiger partial charge < -0.3 is 14.4 Å². The zero-order valence-corrected chi connectivity index (χ0v) is 14.4. The molecular formula is C19H26N2O3. The van der Waals surface area contributed by atoms with Gasteiger partial charge in [0, 0.05) is 31.5 Å². The van der Waals surface area contributed by atoms with E-state index in [0.29, 0.717) is 18.7 Å². The fourth-order valence-corrected chi connectivity index (χ4v) is 3.80. The lowest BCUT2D eigenvalue weighted by Crippen LogP contribution is -2.50. The van der Waals surface area contributed by atoms with Crippen LogP contribution in [0.4, 0.5) is 0 Å². The number of piperidine rings is 1. The predicted molar refractivity (Wildman–Crippen MR) is 89.9 cm³/mol. The van der Waals surface area contributed by atoms with Gasteiger partial charge in [0.25, 0.3) is 5.91 Å². The number of carbonyl (C=O) groups is 1. The molecule has 2 saturated heterocycles. The van der Waals surface area contributed by atoms with Crippen molar-refractivity contribution in [3.05, 3.63) is 29.6 Å². The van der Waals surface area contributed by atoms with E-state index in [4.69, 9.17) is 9.47 Å². The van der Waals surface area contributed by atoms with Crippen molar-refractivity contribution in [2.75, 3.05) is 26.3 Å². The molecule has 2 atom stereocenters. The summed E-state index contributed by atoms with van der Waals surface area (Å²) in [6.07, 6.45) is 7.41. The van der Waals surface area contributed by atoms with E-state index >= 15 is 0 Å². The number of hydrogen-bond donors (Lipinski definition) is 0. The Morgan fingerprint density at radius 3 is 3.08 bits per heavy atom. The first-order valence-electron chi connectivity index (χ1n) is 9.11. The second-order valence-corrected chi connectivity index (χ2v) is 7.62. The third-order valence-corrected chi connectivity index (χ3v) is 5.42. The minimum atomic E-state index is -0.208. The molecule has 3 heterocycles. The Kier molecular flexibility index (Phi) is 4.31. The van der Waals surface area contributed by atoms with Crippen molar-refractivity contribution in [1.29, 1.82) is 0 Å². The Hall–Kier alpha value is -1.46. The van der Waals surface area contributed by atoms with E-state index in [0.717, 1.165) is 44.0 Å². The van der Waals surface area contributed by atoms with E-state index in [2.05, 4.69) is 4.98 Å². The highest BCUT2D eigenvalue weighted by Crippen LogP contribution is 2.37. The van der Waals surface area contributed by atoms with Crippen LogP contribution in [0.1, 0.15) is 48.2 Å². The number of aromatic nitrogens is 1. The Balaban J connectivity index is 1.38. The Bertz CT molecular complexity index is 599. The van der Waals surface area contributed by atoms with Gasteiger partial charge in [0.1, 0.15) is 0 Å². The summed E-state index contributed by atoms with van der Waals surface area (Å²) in [5.74, 6) is 0.840. The number of rotatable bonds is 4. The molecule has 130 valence electrons. The van der Waals surface area contributed by atoms with Crippen LogP contribution in [0.2, 0.25) is 0 Å². The fraction of sp³-hybridized carbons (Fsp3) is 0.684. The normalized spacial score (nSPS) is 30.0. The maximum absolute atomic E-state index is 12.8. The average Bonchev–Trinajstić information content (AvgIpc) is 3.35. The number of aryl methyl sites for hydroxylation is 1. The van der Waals surface area contributed by atoms with Gasteiger partial charge in [-0.2, -0.15) is 0 Å². The lowest BCUT2D eigenvalue weighted by molar-refractivity contribution is -0.0465. The Morgan fingerprint density at radius 1 is 1.46 bits per heavy atom. The predicted octanol–water partition coefficient (Wildman–Crippen LogP) is 2.58. The summed E-state index contributed by atoms with van der Waals surface area (Å²) in [4.78, 5) is 18.9. The number of amides is 1. The highest BCUT2D eigenvalue weighted by molar-refractivity contribution is 5.94. The number of ether oxygens (including phenoxy) is 2.